The molecule has 0 aromatic heterocycles. The Morgan fingerprint density at radius 1 is 1.22 bits per heavy atom. The van der Waals surface area contributed by atoms with Crippen LogP contribution in [-0.4, -0.2) is 42.6 Å². The molecule has 0 bridgehead atoms. The lowest BCUT2D eigenvalue weighted by atomic mass is 10.1. The molecule has 0 radical (unpaired) electrons. The molecule has 2 heterocycles. The summed E-state index contributed by atoms with van der Waals surface area (Å²) in [6, 6.07) is 12.4. The van der Waals surface area contributed by atoms with Gasteiger partial charge in [0.25, 0.3) is 5.91 Å². The van der Waals surface area contributed by atoms with Crippen LogP contribution in [0.2, 0.25) is 5.02 Å². The average Bonchev–Trinajstić information content (AvgIpc) is 3.05. The highest BCUT2D eigenvalue weighted by molar-refractivity contribution is 6.30. The third-order valence-corrected chi connectivity index (χ3v) is 5.69. The largest absolute Gasteiger partial charge is 0.371 e. The molecule has 2 fully saturated rings. The third kappa shape index (κ3) is 4.00. The van der Waals surface area contributed by atoms with Crippen LogP contribution < -0.4 is 5.32 Å². The van der Waals surface area contributed by atoms with E-state index >= 15 is 0 Å². The van der Waals surface area contributed by atoms with Gasteiger partial charge in [0.2, 0.25) is 0 Å². The molecule has 27 heavy (non-hydrogen) atoms. The second-order valence-corrected chi connectivity index (χ2v) is 7.78. The SMILES string of the molecule is Cc1ccc(F)cc1C(=O)N[C@H]1C[C@H]2CO[C@@H](c3ccc(Cl)cc3)CN2C1. The molecule has 4 rings (SSSR count). The van der Waals surface area contributed by atoms with Gasteiger partial charge < -0.3 is 10.1 Å². The van der Waals surface area contributed by atoms with E-state index in [2.05, 4.69) is 10.2 Å². The summed E-state index contributed by atoms with van der Waals surface area (Å²) in [4.78, 5) is 14.9. The molecule has 0 spiro atoms. The quantitative estimate of drug-likeness (QED) is 0.871. The van der Waals surface area contributed by atoms with E-state index in [-0.39, 0.29) is 18.1 Å². The highest BCUT2D eigenvalue weighted by Crippen LogP contribution is 2.31. The number of ether oxygens (including phenoxy) is 1. The zero-order chi connectivity index (χ0) is 19.0. The first-order valence-corrected chi connectivity index (χ1v) is 9.55. The normalized spacial score (nSPS) is 25.2. The Bertz CT molecular complexity index is 843. The molecule has 0 unspecified atom stereocenters. The minimum absolute atomic E-state index is 0.0124. The van der Waals surface area contributed by atoms with E-state index in [0.29, 0.717) is 23.2 Å². The number of nitrogens with one attached hydrogen (secondary N) is 1. The number of aryl methyl sites for hydroxylation is 1. The molecule has 0 aliphatic carbocycles. The van der Waals surface area contributed by atoms with Crippen LogP contribution in [0.4, 0.5) is 4.39 Å². The molecule has 3 atom stereocenters. The van der Waals surface area contributed by atoms with Gasteiger partial charge in [0.1, 0.15) is 5.82 Å². The standard InChI is InChI=1S/C21H22ClFN2O2/c1-13-2-7-16(23)8-19(13)21(26)24-17-9-18-12-27-20(11-25(18)10-17)14-3-5-15(22)6-4-14/h2-8,17-18,20H,9-12H2,1H3,(H,24,26)/t17-,18-,20+/m0/s1. The van der Waals surface area contributed by atoms with Gasteiger partial charge in [0, 0.05) is 35.8 Å². The van der Waals surface area contributed by atoms with E-state index in [0.717, 1.165) is 30.6 Å². The Kier molecular flexibility index (Phi) is 5.17. The lowest BCUT2D eigenvalue weighted by Gasteiger charge is -2.35. The maximum absolute atomic E-state index is 13.5. The average molecular weight is 389 g/mol. The van der Waals surface area contributed by atoms with Crippen molar-refractivity contribution in [3.63, 3.8) is 0 Å². The van der Waals surface area contributed by atoms with Gasteiger partial charge in [-0.1, -0.05) is 29.8 Å². The van der Waals surface area contributed by atoms with Crippen molar-refractivity contribution >= 4 is 17.5 Å². The maximum atomic E-state index is 13.5. The Hall–Kier alpha value is -1.95. The molecule has 1 N–H and O–H groups in total. The van der Waals surface area contributed by atoms with Crippen LogP contribution in [0.3, 0.4) is 0 Å². The van der Waals surface area contributed by atoms with Crippen molar-refractivity contribution in [2.45, 2.75) is 31.5 Å². The number of rotatable bonds is 3. The van der Waals surface area contributed by atoms with Gasteiger partial charge in [-0.2, -0.15) is 0 Å². The van der Waals surface area contributed by atoms with Crippen LogP contribution in [0, 0.1) is 12.7 Å². The van der Waals surface area contributed by atoms with Crippen molar-refractivity contribution in [1.82, 2.24) is 10.2 Å². The number of carbonyl (C=O) groups is 1. The fourth-order valence-corrected chi connectivity index (χ4v) is 4.09. The van der Waals surface area contributed by atoms with Gasteiger partial charge in [0.15, 0.2) is 0 Å². The summed E-state index contributed by atoms with van der Waals surface area (Å²) in [5, 5.41) is 3.77. The van der Waals surface area contributed by atoms with Crippen molar-refractivity contribution < 1.29 is 13.9 Å². The van der Waals surface area contributed by atoms with E-state index in [1.165, 1.54) is 12.1 Å². The Balaban J connectivity index is 1.39. The molecule has 1 amide bonds. The topological polar surface area (TPSA) is 41.6 Å². The maximum Gasteiger partial charge on any atom is 0.251 e. The first-order chi connectivity index (χ1) is 13.0. The Morgan fingerprint density at radius 3 is 2.78 bits per heavy atom. The van der Waals surface area contributed by atoms with Gasteiger partial charge in [0.05, 0.1) is 12.7 Å². The summed E-state index contributed by atoms with van der Waals surface area (Å²) in [7, 11) is 0. The summed E-state index contributed by atoms with van der Waals surface area (Å²) in [5.74, 6) is -0.610. The fraction of sp³-hybridized carbons (Fsp3) is 0.381. The molecule has 2 aliphatic heterocycles. The van der Waals surface area contributed by atoms with Crippen molar-refractivity contribution in [3.05, 3.63) is 70.0 Å². The number of fused-ring (bicyclic) bond motifs is 1. The highest BCUT2D eigenvalue weighted by atomic mass is 35.5. The lowest BCUT2D eigenvalue weighted by molar-refractivity contribution is -0.0502. The number of carbonyl (C=O) groups excluding carboxylic acids is 1. The van der Waals surface area contributed by atoms with E-state index in [9.17, 15) is 9.18 Å². The number of halogens is 2. The van der Waals surface area contributed by atoms with Crippen molar-refractivity contribution in [2.24, 2.45) is 0 Å². The summed E-state index contributed by atoms with van der Waals surface area (Å²) < 4.78 is 19.5. The summed E-state index contributed by atoms with van der Waals surface area (Å²) in [5.41, 5.74) is 2.28. The number of hydrogen-bond donors (Lipinski definition) is 1. The van der Waals surface area contributed by atoms with Gasteiger partial charge in [-0.05, 0) is 48.7 Å². The molecule has 142 valence electrons. The predicted molar refractivity (Wildman–Crippen MR) is 103 cm³/mol. The van der Waals surface area contributed by atoms with Gasteiger partial charge in [-0.3, -0.25) is 9.69 Å². The number of benzene rings is 2. The van der Waals surface area contributed by atoms with Crippen molar-refractivity contribution in [2.75, 3.05) is 19.7 Å². The second-order valence-electron chi connectivity index (χ2n) is 7.35. The zero-order valence-electron chi connectivity index (χ0n) is 15.1. The van der Waals surface area contributed by atoms with Gasteiger partial charge in [-0.15, -0.1) is 0 Å². The van der Waals surface area contributed by atoms with E-state index in [1.807, 2.05) is 31.2 Å². The first kappa shape index (κ1) is 18.4. The van der Waals surface area contributed by atoms with Crippen LogP contribution in [0.1, 0.15) is 34.0 Å². The zero-order valence-corrected chi connectivity index (χ0v) is 15.9. The van der Waals surface area contributed by atoms with Crippen LogP contribution in [0.5, 0.6) is 0 Å². The Morgan fingerprint density at radius 2 is 2.00 bits per heavy atom. The molecular formula is C21H22ClFN2O2. The molecule has 2 aliphatic rings. The molecule has 2 aromatic rings. The Labute approximate surface area is 163 Å². The van der Waals surface area contributed by atoms with Crippen molar-refractivity contribution in [3.8, 4) is 0 Å². The van der Waals surface area contributed by atoms with Gasteiger partial charge >= 0.3 is 0 Å². The second kappa shape index (κ2) is 7.58. The van der Waals surface area contributed by atoms with Crippen LogP contribution in [0.25, 0.3) is 0 Å². The molecule has 2 saturated heterocycles. The predicted octanol–water partition coefficient (Wildman–Crippen LogP) is 3.73. The van der Waals surface area contributed by atoms with Crippen LogP contribution >= 0.6 is 11.6 Å². The molecule has 4 nitrogen and oxygen atoms in total. The minimum Gasteiger partial charge on any atom is -0.371 e. The summed E-state index contributed by atoms with van der Waals surface area (Å²) in [6.07, 6.45) is 0.853. The summed E-state index contributed by atoms with van der Waals surface area (Å²) in [6.45, 7) is 4.02. The first-order valence-electron chi connectivity index (χ1n) is 9.18. The van der Waals surface area contributed by atoms with Gasteiger partial charge in [-0.25, -0.2) is 4.39 Å². The molecule has 0 saturated carbocycles. The number of morpholine rings is 1. The minimum atomic E-state index is -0.395. The monoisotopic (exact) mass is 388 g/mol. The fourth-order valence-electron chi connectivity index (χ4n) is 3.96. The van der Waals surface area contributed by atoms with E-state index in [1.54, 1.807) is 6.07 Å². The number of hydrogen-bond acceptors (Lipinski definition) is 3. The smallest absolute Gasteiger partial charge is 0.251 e. The summed E-state index contributed by atoms with van der Waals surface area (Å²) >= 11 is 5.96. The molecule has 6 heteroatoms. The third-order valence-electron chi connectivity index (χ3n) is 5.44. The van der Waals surface area contributed by atoms with E-state index in [4.69, 9.17) is 16.3 Å². The van der Waals surface area contributed by atoms with E-state index < -0.39 is 5.82 Å². The molecular weight excluding hydrogens is 367 g/mol. The number of amides is 1. The van der Waals surface area contributed by atoms with Crippen LogP contribution in [-0.2, 0) is 4.74 Å². The molecule has 2 aromatic carbocycles. The van der Waals surface area contributed by atoms with Crippen LogP contribution in [0.15, 0.2) is 42.5 Å². The lowest BCUT2D eigenvalue weighted by Crippen LogP contribution is -2.43. The number of nitrogens with zero attached hydrogens (tertiary/aromatic N) is 1. The van der Waals surface area contributed by atoms with Crippen molar-refractivity contribution in [1.29, 1.82) is 0 Å². The highest BCUT2D eigenvalue weighted by Gasteiger charge is 2.38.